The highest BCUT2D eigenvalue weighted by Crippen LogP contribution is 2.25. The lowest BCUT2D eigenvalue weighted by atomic mass is 10.2. The van der Waals surface area contributed by atoms with Gasteiger partial charge in [-0.25, -0.2) is 4.98 Å². The molecule has 0 saturated carbocycles. The van der Waals surface area contributed by atoms with Crippen molar-refractivity contribution >= 4 is 28.6 Å². The third-order valence-electron chi connectivity index (χ3n) is 3.12. The van der Waals surface area contributed by atoms with Gasteiger partial charge in [0.25, 0.3) is 0 Å². The minimum absolute atomic E-state index is 0.497. The molecule has 5 heteroatoms. The molecule has 4 nitrogen and oxygen atoms in total. The molecule has 0 aliphatic carbocycles. The first kappa shape index (κ1) is 12.0. The van der Waals surface area contributed by atoms with Crippen molar-refractivity contribution in [2.24, 2.45) is 0 Å². The van der Waals surface area contributed by atoms with Gasteiger partial charge in [-0.15, -0.1) is 0 Å². The average molecular weight is 273 g/mol. The fourth-order valence-electron chi connectivity index (χ4n) is 2.18. The minimum atomic E-state index is 0.497. The van der Waals surface area contributed by atoms with Gasteiger partial charge in [0, 0.05) is 18.9 Å². The number of rotatable bonds is 3. The SMILES string of the molecule is Nc1nc2cccc(Cl)c2n1CCc1ccncc1. The number of anilines is 1. The number of nitrogen functional groups attached to an aromatic ring is 1. The van der Waals surface area contributed by atoms with Crippen LogP contribution in [0.4, 0.5) is 5.95 Å². The molecule has 2 heterocycles. The van der Waals surface area contributed by atoms with E-state index in [0.717, 1.165) is 24.0 Å². The van der Waals surface area contributed by atoms with Gasteiger partial charge in [-0.2, -0.15) is 0 Å². The van der Waals surface area contributed by atoms with Gasteiger partial charge in [-0.05, 0) is 36.2 Å². The molecule has 0 saturated heterocycles. The third-order valence-corrected chi connectivity index (χ3v) is 3.43. The van der Waals surface area contributed by atoms with Crippen molar-refractivity contribution in [3.63, 3.8) is 0 Å². The Morgan fingerprint density at radius 1 is 1.16 bits per heavy atom. The van der Waals surface area contributed by atoms with Gasteiger partial charge < -0.3 is 10.3 Å². The predicted octanol–water partition coefficient (Wildman–Crippen LogP) is 2.91. The maximum absolute atomic E-state index is 6.23. The molecular formula is C14H13ClN4. The van der Waals surface area contributed by atoms with Crippen LogP contribution in [-0.2, 0) is 13.0 Å². The van der Waals surface area contributed by atoms with Crippen LogP contribution in [-0.4, -0.2) is 14.5 Å². The topological polar surface area (TPSA) is 56.7 Å². The normalized spacial score (nSPS) is 11.0. The second-order valence-corrected chi connectivity index (χ2v) is 4.74. The number of imidazole rings is 1. The number of nitrogens with zero attached hydrogens (tertiary/aromatic N) is 3. The molecule has 2 N–H and O–H groups in total. The summed E-state index contributed by atoms with van der Waals surface area (Å²) in [5, 5.41) is 0.677. The van der Waals surface area contributed by atoms with E-state index in [4.69, 9.17) is 17.3 Å². The van der Waals surface area contributed by atoms with Crippen molar-refractivity contribution in [1.82, 2.24) is 14.5 Å². The molecular weight excluding hydrogens is 260 g/mol. The van der Waals surface area contributed by atoms with E-state index in [9.17, 15) is 0 Å². The number of hydrogen-bond acceptors (Lipinski definition) is 3. The molecule has 0 aliphatic heterocycles. The molecule has 0 fully saturated rings. The van der Waals surface area contributed by atoms with E-state index >= 15 is 0 Å². The maximum atomic E-state index is 6.23. The fourth-order valence-corrected chi connectivity index (χ4v) is 2.45. The summed E-state index contributed by atoms with van der Waals surface area (Å²) >= 11 is 6.23. The number of pyridine rings is 1. The summed E-state index contributed by atoms with van der Waals surface area (Å²) in [5.41, 5.74) is 8.91. The Kier molecular flexibility index (Phi) is 3.09. The summed E-state index contributed by atoms with van der Waals surface area (Å²) in [5.74, 6) is 0.497. The molecule has 0 bridgehead atoms. The zero-order valence-electron chi connectivity index (χ0n) is 10.3. The lowest BCUT2D eigenvalue weighted by Gasteiger charge is -2.07. The van der Waals surface area contributed by atoms with Gasteiger partial charge in [-0.1, -0.05) is 17.7 Å². The van der Waals surface area contributed by atoms with Crippen LogP contribution in [0, 0.1) is 0 Å². The van der Waals surface area contributed by atoms with E-state index in [0.29, 0.717) is 11.0 Å². The van der Waals surface area contributed by atoms with E-state index in [1.165, 1.54) is 5.56 Å². The standard InChI is InChI=1S/C14H13ClN4/c15-11-2-1-3-12-13(11)19(14(16)18-12)9-6-10-4-7-17-8-5-10/h1-5,7-8H,6,9H2,(H2,16,18). The van der Waals surface area contributed by atoms with Crippen LogP contribution < -0.4 is 5.73 Å². The Labute approximate surface area is 115 Å². The van der Waals surface area contributed by atoms with Gasteiger partial charge in [0.05, 0.1) is 16.1 Å². The number of aryl methyl sites for hydroxylation is 2. The monoisotopic (exact) mass is 272 g/mol. The van der Waals surface area contributed by atoms with Gasteiger partial charge in [0.2, 0.25) is 5.95 Å². The van der Waals surface area contributed by atoms with E-state index in [1.54, 1.807) is 12.4 Å². The molecule has 0 unspecified atom stereocenters. The Morgan fingerprint density at radius 3 is 2.74 bits per heavy atom. The summed E-state index contributed by atoms with van der Waals surface area (Å²) in [6.45, 7) is 0.746. The molecule has 0 amide bonds. The van der Waals surface area contributed by atoms with Gasteiger partial charge in [0.1, 0.15) is 0 Å². The second kappa shape index (κ2) is 4.90. The second-order valence-electron chi connectivity index (χ2n) is 4.33. The number of fused-ring (bicyclic) bond motifs is 1. The van der Waals surface area contributed by atoms with Crippen molar-refractivity contribution in [3.05, 3.63) is 53.3 Å². The van der Waals surface area contributed by atoms with E-state index < -0.39 is 0 Å². The Bertz CT molecular complexity index is 706. The fraction of sp³-hybridized carbons (Fsp3) is 0.143. The molecule has 3 rings (SSSR count). The quantitative estimate of drug-likeness (QED) is 0.798. The predicted molar refractivity (Wildman–Crippen MR) is 77.1 cm³/mol. The van der Waals surface area contributed by atoms with E-state index in [-0.39, 0.29) is 0 Å². The molecule has 0 spiro atoms. The van der Waals surface area contributed by atoms with Crippen molar-refractivity contribution in [2.45, 2.75) is 13.0 Å². The van der Waals surface area contributed by atoms with E-state index in [2.05, 4.69) is 9.97 Å². The summed E-state index contributed by atoms with van der Waals surface area (Å²) in [7, 11) is 0. The van der Waals surface area contributed by atoms with Crippen molar-refractivity contribution in [3.8, 4) is 0 Å². The van der Waals surface area contributed by atoms with Crippen LogP contribution in [0.1, 0.15) is 5.56 Å². The van der Waals surface area contributed by atoms with Crippen LogP contribution in [0.3, 0.4) is 0 Å². The van der Waals surface area contributed by atoms with Crippen molar-refractivity contribution in [2.75, 3.05) is 5.73 Å². The van der Waals surface area contributed by atoms with Gasteiger partial charge >= 0.3 is 0 Å². The molecule has 96 valence electrons. The van der Waals surface area contributed by atoms with Crippen LogP contribution >= 0.6 is 11.6 Å². The number of para-hydroxylation sites is 1. The number of hydrogen-bond donors (Lipinski definition) is 1. The first-order valence-corrected chi connectivity index (χ1v) is 6.42. The number of aromatic nitrogens is 3. The van der Waals surface area contributed by atoms with Gasteiger partial charge in [0.15, 0.2) is 0 Å². The third kappa shape index (κ3) is 2.27. The summed E-state index contributed by atoms with van der Waals surface area (Å²) in [6, 6.07) is 9.65. The summed E-state index contributed by atoms with van der Waals surface area (Å²) in [6.07, 6.45) is 4.44. The highest BCUT2D eigenvalue weighted by atomic mass is 35.5. The number of halogens is 1. The Balaban J connectivity index is 1.95. The average Bonchev–Trinajstić information content (AvgIpc) is 2.75. The van der Waals surface area contributed by atoms with E-state index in [1.807, 2.05) is 34.9 Å². The summed E-state index contributed by atoms with van der Waals surface area (Å²) in [4.78, 5) is 8.34. The first-order valence-electron chi connectivity index (χ1n) is 6.05. The maximum Gasteiger partial charge on any atom is 0.201 e. The Morgan fingerprint density at radius 2 is 1.95 bits per heavy atom. The largest absolute Gasteiger partial charge is 0.369 e. The number of nitrogens with two attached hydrogens (primary N) is 1. The first-order chi connectivity index (χ1) is 9.25. The minimum Gasteiger partial charge on any atom is -0.369 e. The molecule has 3 aromatic rings. The van der Waals surface area contributed by atoms with Crippen LogP contribution in [0.15, 0.2) is 42.7 Å². The van der Waals surface area contributed by atoms with Crippen molar-refractivity contribution in [1.29, 1.82) is 0 Å². The molecule has 0 radical (unpaired) electrons. The zero-order chi connectivity index (χ0) is 13.2. The number of benzene rings is 1. The lowest BCUT2D eigenvalue weighted by molar-refractivity contribution is 0.725. The molecule has 19 heavy (non-hydrogen) atoms. The highest BCUT2D eigenvalue weighted by molar-refractivity contribution is 6.35. The lowest BCUT2D eigenvalue weighted by Crippen LogP contribution is -2.06. The summed E-state index contributed by atoms with van der Waals surface area (Å²) < 4.78 is 1.96. The zero-order valence-corrected chi connectivity index (χ0v) is 11.0. The van der Waals surface area contributed by atoms with Crippen LogP contribution in [0.5, 0.6) is 0 Å². The van der Waals surface area contributed by atoms with Crippen molar-refractivity contribution < 1.29 is 0 Å². The molecule has 2 aromatic heterocycles. The van der Waals surface area contributed by atoms with Gasteiger partial charge in [-0.3, -0.25) is 4.98 Å². The molecule has 1 aromatic carbocycles. The van der Waals surface area contributed by atoms with Crippen LogP contribution in [0.2, 0.25) is 5.02 Å². The molecule has 0 atom stereocenters. The molecule has 0 aliphatic rings. The Hall–Kier alpha value is -2.07. The smallest absolute Gasteiger partial charge is 0.201 e. The highest BCUT2D eigenvalue weighted by Gasteiger charge is 2.10. The van der Waals surface area contributed by atoms with Crippen LogP contribution in [0.25, 0.3) is 11.0 Å².